The first kappa shape index (κ1) is 12.5. The SMILES string of the molecule is Cc1csc(CNc2c(F)cccc2C(=O)O)n1. The van der Waals surface area contributed by atoms with Gasteiger partial charge in [-0.2, -0.15) is 0 Å². The zero-order valence-corrected chi connectivity index (χ0v) is 10.4. The average molecular weight is 266 g/mol. The molecule has 1 aromatic carbocycles. The van der Waals surface area contributed by atoms with E-state index in [0.717, 1.165) is 10.7 Å². The van der Waals surface area contributed by atoms with Crippen molar-refractivity contribution in [2.45, 2.75) is 13.5 Å². The van der Waals surface area contributed by atoms with Crippen molar-refractivity contribution in [1.29, 1.82) is 0 Å². The van der Waals surface area contributed by atoms with Gasteiger partial charge in [-0.05, 0) is 19.1 Å². The summed E-state index contributed by atoms with van der Waals surface area (Å²) in [6, 6.07) is 3.96. The maximum absolute atomic E-state index is 13.6. The van der Waals surface area contributed by atoms with Crippen LogP contribution in [0, 0.1) is 12.7 Å². The quantitative estimate of drug-likeness (QED) is 0.893. The van der Waals surface area contributed by atoms with Crippen LogP contribution < -0.4 is 5.32 Å². The normalized spacial score (nSPS) is 10.3. The summed E-state index contributed by atoms with van der Waals surface area (Å²) in [6.07, 6.45) is 0. The maximum Gasteiger partial charge on any atom is 0.337 e. The van der Waals surface area contributed by atoms with Gasteiger partial charge >= 0.3 is 5.97 Å². The van der Waals surface area contributed by atoms with Gasteiger partial charge in [-0.15, -0.1) is 11.3 Å². The summed E-state index contributed by atoms with van der Waals surface area (Å²) in [5.74, 6) is -1.74. The molecule has 2 aromatic rings. The molecule has 0 spiro atoms. The van der Waals surface area contributed by atoms with Crippen molar-refractivity contribution in [3.63, 3.8) is 0 Å². The van der Waals surface area contributed by atoms with Crippen molar-refractivity contribution >= 4 is 23.0 Å². The molecule has 0 bridgehead atoms. The first-order chi connectivity index (χ1) is 8.58. The molecule has 0 atom stereocenters. The van der Waals surface area contributed by atoms with Crippen LogP contribution in [0.2, 0.25) is 0 Å². The molecule has 2 rings (SSSR count). The molecule has 0 saturated heterocycles. The Morgan fingerprint density at radius 1 is 1.56 bits per heavy atom. The fraction of sp³-hybridized carbons (Fsp3) is 0.167. The van der Waals surface area contributed by atoms with Gasteiger partial charge in [0.25, 0.3) is 0 Å². The molecular weight excluding hydrogens is 255 g/mol. The number of hydrogen-bond donors (Lipinski definition) is 2. The highest BCUT2D eigenvalue weighted by Crippen LogP contribution is 2.21. The number of nitrogens with zero attached hydrogens (tertiary/aromatic N) is 1. The van der Waals surface area contributed by atoms with Crippen LogP contribution in [-0.2, 0) is 6.54 Å². The van der Waals surface area contributed by atoms with Crippen molar-refractivity contribution in [3.05, 3.63) is 45.7 Å². The number of carboxylic acids is 1. The van der Waals surface area contributed by atoms with Crippen LogP contribution in [0.3, 0.4) is 0 Å². The van der Waals surface area contributed by atoms with Crippen LogP contribution >= 0.6 is 11.3 Å². The Hall–Kier alpha value is -1.95. The minimum absolute atomic E-state index is 0.00199. The highest BCUT2D eigenvalue weighted by atomic mass is 32.1. The fourth-order valence-electron chi connectivity index (χ4n) is 1.53. The Labute approximate surface area is 107 Å². The van der Waals surface area contributed by atoms with E-state index in [0.29, 0.717) is 6.54 Å². The summed E-state index contributed by atoms with van der Waals surface area (Å²) in [6.45, 7) is 2.17. The van der Waals surface area contributed by atoms with Crippen molar-refractivity contribution in [3.8, 4) is 0 Å². The van der Waals surface area contributed by atoms with Crippen LogP contribution in [0.4, 0.5) is 10.1 Å². The summed E-state index contributed by atoms with van der Waals surface area (Å²) in [5, 5.41) is 14.4. The molecule has 1 aromatic heterocycles. The van der Waals surface area contributed by atoms with Crippen molar-refractivity contribution < 1.29 is 14.3 Å². The van der Waals surface area contributed by atoms with Crippen LogP contribution in [0.25, 0.3) is 0 Å². The molecule has 1 heterocycles. The first-order valence-electron chi connectivity index (χ1n) is 5.24. The number of thiazole rings is 1. The summed E-state index contributed by atoms with van der Waals surface area (Å²) >= 11 is 1.45. The van der Waals surface area contributed by atoms with E-state index >= 15 is 0 Å². The maximum atomic E-state index is 13.6. The number of hydrogen-bond acceptors (Lipinski definition) is 4. The number of halogens is 1. The van der Waals surface area contributed by atoms with E-state index in [1.54, 1.807) is 0 Å². The number of anilines is 1. The van der Waals surface area contributed by atoms with Gasteiger partial charge in [0, 0.05) is 11.1 Å². The summed E-state index contributed by atoms with van der Waals surface area (Å²) in [7, 11) is 0. The molecular formula is C12H11FN2O2S. The number of rotatable bonds is 4. The summed E-state index contributed by atoms with van der Waals surface area (Å²) in [4.78, 5) is 15.2. The van der Waals surface area contributed by atoms with Gasteiger partial charge in [0.15, 0.2) is 0 Å². The Balaban J connectivity index is 2.20. The summed E-state index contributed by atoms with van der Waals surface area (Å²) < 4.78 is 13.6. The lowest BCUT2D eigenvalue weighted by Crippen LogP contribution is -2.08. The van der Waals surface area contributed by atoms with E-state index < -0.39 is 11.8 Å². The van der Waals surface area contributed by atoms with E-state index in [1.807, 2.05) is 12.3 Å². The zero-order chi connectivity index (χ0) is 13.1. The van der Waals surface area contributed by atoms with Crippen molar-refractivity contribution in [2.75, 3.05) is 5.32 Å². The Morgan fingerprint density at radius 2 is 2.33 bits per heavy atom. The van der Waals surface area contributed by atoms with E-state index in [1.165, 1.54) is 29.5 Å². The minimum atomic E-state index is -1.16. The van der Waals surface area contributed by atoms with Gasteiger partial charge in [-0.3, -0.25) is 0 Å². The minimum Gasteiger partial charge on any atom is -0.478 e. The largest absolute Gasteiger partial charge is 0.478 e. The van der Waals surface area contributed by atoms with Gasteiger partial charge in [0.2, 0.25) is 0 Å². The molecule has 6 heteroatoms. The average Bonchev–Trinajstić information content (AvgIpc) is 2.73. The molecule has 0 saturated carbocycles. The number of aromatic carboxylic acids is 1. The third-order valence-electron chi connectivity index (χ3n) is 2.33. The second-order valence-corrected chi connectivity index (χ2v) is 4.65. The molecule has 18 heavy (non-hydrogen) atoms. The van der Waals surface area contributed by atoms with Crippen LogP contribution in [0.5, 0.6) is 0 Å². The molecule has 2 N–H and O–H groups in total. The molecule has 4 nitrogen and oxygen atoms in total. The number of para-hydroxylation sites is 1. The monoisotopic (exact) mass is 266 g/mol. The van der Waals surface area contributed by atoms with Crippen molar-refractivity contribution in [1.82, 2.24) is 4.98 Å². The lowest BCUT2D eigenvalue weighted by molar-refractivity contribution is 0.0697. The number of aryl methyl sites for hydroxylation is 1. The number of aromatic nitrogens is 1. The molecule has 0 fully saturated rings. The number of nitrogens with one attached hydrogen (secondary N) is 1. The topological polar surface area (TPSA) is 62.2 Å². The number of carboxylic acid groups (broad SMARTS) is 1. The van der Waals surface area contributed by atoms with Crippen LogP contribution in [0.1, 0.15) is 21.1 Å². The standard InChI is InChI=1S/C12H11FN2O2S/c1-7-6-18-10(15-7)5-14-11-8(12(16)17)3-2-4-9(11)13/h2-4,6,14H,5H2,1H3,(H,16,17). The Kier molecular flexibility index (Phi) is 3.57. The third-order valence-corrected chi connectivity index (χ3v) is 3.29. The highest BCUT2D eigenvalue weighted by molar-refractivity contribution is 7.09. The van der Waals surface area contributed by atoms with E-state index in [4.69, 9.17) is 5.11 Å². The van der Waals surface area contributed by atoms with Gasteiger partial charge in [0.1, 0.15) is 10.8 Å². The van der Waals surface area contributed by atoms with Crippen LogP contribution in [0.15, 0.2) is 23.6 Å². The van der Waals surface area contributed by atoms with E-state index in [9.17, 15) is 9.18 Å². The summed E-state index contributed by atoms with van der Waals surface area (Å²) in [5.41, 5.74) is 0.810. The molecule has 0 aliphatic carbocycles. The lowest BCUT2D eigenvalue weighted by Gasteiger charge is -2.09. The lowest BCUT2D eigenvalue weighted by atomic mass is 10.1. The fourth-order valence-corrected chi connectivity index (χ4v) is 2.24. The second-order valence-electron chi connectivity index (χ2n) is 3.70. The molecule has 0 aliphatic heterocycles. The van der Waals surface area contributed by atoms with Gasteiger partial charge in [-0.1, -0.05) is 6.07 Å². The molecule has 0 aliphatic rings. The zero-order valence-electron chi connectivity index (χ0n) is 9.61. The van der Waals surface area contributed by atoms with Gasteiger partial charge < -0.3 is 10.4 Å². The molecule has 0 amide bonds. The number of carbonyl (C=O) groups is 1. The van der Waals surface area contributed by atoms with Gasteiger partial charge in [-0.25, -0.2) is 14.2 Å². The molecule has 94 valence electrons. The Bertz CT molecular complexity index is 583. The third kappa shape index (κ3) is 2.65. The smallest absolute Gasteiger partial charge is 0.337 e. The second kappa shape index (κ2) is 5.14. The van der Waals surface area contributed by atoms with Crippen molar-refractivity contribution in [2.24, 2.45) is 0 Å². The van der Waals surface area contributed by atoms with Crippen LogP contribution in [-0.4, -0.2) is 16.1 Å². The van der Waals surface area contributed by atoms with E-state index in [-0.39, 0.29) is 11.3 Å². The number of benzene rings is 1. The molecule has 0 radical (unpaired) electrons. The van der Waals surface area contributed by atoms with E-state index in [2.05, 4.69) is 10.3 Å². The highest BCUT2D eigenvalue weighted by Gasteiger charge is 2.14. The predicted octanol–water partition coefficient (Wildman–Crippen LogP) is 2.90. The van der Waals surface area contributed by atoms with Gasteiger partial charge in [0.05, 0.1) is 17.8 Å². The molecule has 0 unspecified atom stereocenters. The Morgan fingerprint density at radius 3 is 2.94 bits per heavy atom. The predicted molar refractivity (Wildman–Crippen MR) is 67.5 cm³/mol. The first-order valence-corrected chi connectivity index (χ1v) is 6.12.